The molecular weight excluding hydrogens is 180 g/mol. The van der Waals surface area contributed by atoms with Crippen LogP contribution >= 0.6 is 0 Å². The standard InChI is InChI=1S/C11H14O3/c1-14-6-2-3-9-4-5-11(13)10(7-9)8-12/h4-5,7-8,13H,2-3,6H2,1H3. The molecule has 1 N–H and O–H groups in total. The number of aldehydes is 1. The Balaban J connectivity index is 2.64. The number of hydrogen-bond acceptors (Lipinski definition) is 3. The third-order valence-corrected chi connectivity index (χ3v) is 2.03. The molecule has 3 nitrogen and oxygen atoms in total. The number of methoxy groups -OCH3 is 1. The molecule has 0 saturated heterocycles. The molecule has 0 heterocycles. The number of carbonyl (C=O) groups excluding carboxylic acids is 1. The Kier molecular flexibility index (Phi) is 4.13. The van der Waals surface area contributed by atoms with Gasteiger partial charge in [-0.05, 0) is 30.5 Å². The van der Waals surface area contributed by atoms with Crippen molar-refractivity contribution in [1.29, 1.82) is 0 Å². The van der Waals surface area contributed by atoms with Crippen LogP contribution in [0.2, 0.25) is 0 Å². The Morgan fingerprint density at radius 2 is 2.29 bits per heavy atom. The van der Waals surface area contributed by atoms with Crippen LogP contribution in [-0.2, 0) is 11.2 Å². The van der Waals surface area contributed by atoms with E-state index in [0.29, 0.717) is 18.5 Å². The van der Waals surface area contributed by atoms with E-state index < -0.39 is 0 Å². The van der Waals surface area contributed by atoms with Crippen LogP contribution < -0.4 is 0 Å². The predicted octanol–water partition coefficient (Wildman–Crippen LogP) is 1.78. The van der Waals surface area contributed by atoms with Crippen molar-refractivity contribution in [2.24, 2.45) is 0 Å². The van der Waals surface area contributed by atoms with E-state index in [1.807, 2.05) is 6.07 Å². The number of phenols is 1. The average Bonchev–Trinajstić information content (AvgIpc) is 2.21. The van der Waals surface area contributed by atoms with Gasteiger partial charge in [0.2, 0.25) is 0 Å². The van der Waals surface area contributed by atoms with Gasteiger partial charge >= 0.3 is 0 Å². The molecule has 0 aliphatic heterocycles. The Morgan fingerprint density at radius 3 is 2.93 bits per heavy atom. The van der Waals surface area contributed by atoms with Crippen molar-refractivity contribution in [2.75, 3.05) is 13.7 Å². The molecule has 0 spiro atoms. The summed E-state index contributed by atoms with van der Waals surface area (Å²) in [6.45, 7) is 0.706. The van der Waals surface area contributed by atoms with Crippen LogP contribution in [0.25, 0.3) is 0 Å². The monoisotopic (exact) mass is 194 g/mol. The smallest absolute Gasteiger partial charge is 0.153 e. The molecule has 0 aliphatic carbocycles. The minimum atomic E-state index is 0.0375. The van der Waals surface area contributed by atoms with Gasteiger partial charge < -0.3 is 9.84 Å². The fraction of sp³-hybridized carbons (Fsp3) is 0.364. The lowest BCUT2D eigenvalue weighted by atomic mass is 10.1. The number of carbonyl (C=O) groups is 1. The molecule has 0 atom stereocenters. The first-order valence-electron chi connectivity index (χ1n) is 4.54. The summed E-state index contributed by atoms with van der Waals surface area (Å²) in [6.07, 6.45) is 2.43. The van der Waals surface area contributed by atoms with E-state index >= 15 is 0 Å². The second-order valence-corrected chi connectivity index (χ2v) is 3.11. The molecular formula is C11H14O3. The Labute approximate surface area is 83.3 Å². The van der Waals surface area contributed by atoms with Crippen LogP contribution in [0.1, 0.15) is 22.3 Å². The molecule has 1 aromatic carbocycles. The SMILES string of the molecule is COCCCc1ccc(O)c(C=O)c1. The lowest BCUT2D eigenvalue weighted by molar-refractivity contribution is 0.112. The fourth-order valence-corrected chi connectivity index (χ4v) is 1.27. The summed E-state index contributed by atoms with van der Waals surface area (Å²) in [7, 11) is 1.66. The maximum Gasteiger partial charge on any atom is 0.153 e. The minimum absolute atomic E-state index is 0.0375. The lowest BCUT2D eigenvalue weighted by Gasteiger charge is -2.03. The number of aryl methyl sites for hydroxylation is 1. The third kappa shape index (κ3) is 2.85. The summed E-state index contributed by atoms with van der Waals surface area (Å²) in [4.78, 5) is 10.5. The normalized spacial score (nSPS) is 10.1. The first kappa shape index (κ1) is 10.7. The van der Waals surface area contributed by atoms with E-state index in [-0.39, 0.29) is 5.75 Å². The zero-order chi connectivity index (χ0) is 10.4. The molecule has 0 saturated carbocycles. The predicted molar refractivity (Wildman–Crippen MR) is 53.7 cm³/mol. The third-order valence-electron chi connectivity index (χ3n) is 2.03. The molecule has 1 aromatic rings. The first-order valence-corrected chi connectivity index (χ1v) is 4.54. The van der Waals surface area contributed by atoms with E-state index in [1.165, 1.54) is 0 Å². The van der Waals surface area contributed by atoms with Gasteiger partial charge in [0.1, 0.15) is 5.75 Å². The Bertz CT molecular complexity index is 307. The highest BCUT2D eigenvalue weighted by Gasteiger charge is 2.01. The van der Waals surface area contributed by atoms with Gasteiger partial charge in [-0.1, -0.05) is 6.07 Å². The molecule has 0 fully saturated rings. The van der Waals surface area contributed by atoms with Gasteiger partial charge in [0.05, 0.1) is 5.56 Å². The van der Waals surface area contributed by atoms with E-state index in [0.717, 1.165) is 18.4 Å². The van der Waals surface area contributed by atoms with Crippen LogP contribution in [0.4, 0.5) is 0 Å². The second kappa shape index (κ2) is 5.40. The number of hydrogen-bond donors (Lipinski definition) is 1. The van der Waals surface area contributed by atoms with Gasteiger partial charge in [-0.3, -0.25) is 4.79 Å². The summed E-state index contributed by atoms with van der Waals surface area (Å²) < 4.78 is 4.92. The zero-order valence-electron chi connectivity index (χ0n) is 8.19. The average molecular weight is 194 g/mol. The molecule has 0 aromatic heterocycles. The number of ether oxygens (including phenoxy) is 1. The van der Waals surface area contributed by atoms with Crippen molar-refractivity contribution < 1.29 is 14.6 Å². The maximum atomic E-state index is 10.5. The topological polar surface area (TPSA) is 46.5 Å². The molecule has 0 unspecified atom stereocenters. The highest BCUT2D eigenvalue weighted by Crippen LogP contribution is 2.17. The molecule has 14 heavy (non-hydrogen) atoms. The molecule has 0 radical (unpaired) electrons. The van der Waals surface area contributed by atoms with Gasteiger partial charge in [0.15, 0.2) is 6.29 Å². The van der Waals surface area contributed by atoms with Crippen molar-refractivity contribution in [2.45, 2.75) is 12.8 Å². The van der Waals surface area contributed by atoms with Crippen LogP contribution in [0.5, 0.6) is 5.75 Å². The van der Waals surface area contributed by atoms with Crippen molar-refractivity contribution in [3.8, 4) is 5.75 Å². The van der Waals surface area contributed by atoms with Crippen molar-refractivity contribution in [3.05, 3.63) is 29.3 Å². The van der Waals surface area contributed by atoms with Gasteiger partial charge in [0, 0.05) is 13.7 Å². The molecule has 3 heteroatoms. The van der Waals surface area contributed by atoms with Crippen molar-refractivity contribution in [3.63, 3.8) is 0 Å². The van der Waals surface area contributed by atoms with E-state index in [2.05, 4.69) is 0 Å². The number of aromatic hydroxyl groups is 1. The Morgan fingerprint density at radius 1 is 1.50 bits per heavy atom. The lowest BCUT2D eigenvalue weighted by Crippen LogP contribution is -1.93. The van der Waals surface area contributed by atoms with Crippen LogP contribution in [-0.4, -0.2) is 25.1 Å². The van der Waals surface area contributed by atoms with Gasteiger partial charge in [-0.15, -0.1) is 0 Å². The number of phenolic OH excluding ortho intramolecular Hbond substituents is 1. The summed E-state index contributed by atoms with van der Waals surface area (Å²) in [5.74, 6) is 0.0375. The van der Waals surface area contributed by atoms with E-state index in [1.54, 1.807) is 19.2 Å². The largest absolute Gasteiger partial charge is 0.507 e. The molecule has 0 amide bonds. The minimum Gasteiger partial charge on any atom is -0.507 e. The van der Waals surface area contributed by atoms with E-state index in [4.69, 9.17) is 4.74 Å². The van der Waals surface area contributed by atoms with Gasteiger partial charge in [-0.2, -0.15) is 0 Å². The fourth-order valence-electron chi connectivity index (χ4n) is 1.27. The number of benzene rings is 1. The highest BCUT2D eigenvalue weighted by molar-refractivity contribution is 5.79. The maximum absolute atomic E-state index is 10.5. The summed E-state index contributed by atoms with van der Waals surface area (Å²) >= 11 is 0. The number of rotatable bonds is 5. The quantitative estimate of drug-likeness (QED) is 0.574. The summed E-state index contributed by atoms with van der Waals surface area (Å²) in [6, 6.07) is 5.07. The summed E-state index contributed by atoms with van der Waals surface area (Å²) in [5, 5.41) is 9.25. The van der Waals surface area contributed by atoms with Gasteiger partial charge in [-0.25, -0.2) is 0 Å². The first-order chi connectivity index (χ1) is 6.77. The highest BCUT2D eigenvalue weighted by atomic mass is 16.5. The van der Waals surface area contributed by atoms with Crippen LogP contribution in [0.3, 0.4) is 0 Å². The summed E-state index contributed by atoms with van der Waals surface area (Å²) in [5.41, 5.74) is 1.39. The molecule has 1 rings (SSSR count). The van der Waals surface area contributed by atoms with E-state index in [9.17, 15) is 9.90 Å². The molecule has 0 aliphatic rings. The second-order valence-electron chi connectivity index (χ2n) is 3.11. The van der Waals surface area contributed by atoms with Crippen LogP contribution in [0.15, 0.2) is 18.2 Å². The van der Waals surface area contributed by atoms with Crippen molar-refractivity contribution >= 4 is 6.29 Å². The van der Waals surface area contributed by atoms with Gasteiger partial charge in [0.25, 0.3) is 0 Å². The Hall–Kier alpha value is -1.35. The zero-order valence-corrected chi connectivity index (χ0v) is 8.19. The molecule has 76 valence electrons. The van der Waals surface area contributed by atoms with Crippen LogP contribution in [0, 0.1) is 0 Å². The molecule has 0 bridgehead atoms. The van der Waals surface area contributed by atoms with Crippen molar-refractivity contribution in [1.82, 2.24) is 0 Å².